The van der Waals surface area contributed by atoms with E-state index in [0.29, 0.717) is 24.3 Å². The Kier molecular flexibility index (Phi) is 4.39. The predicted molar refractivity (Wildman–Crippen MR) is 58.1 cm³/mol. The molecule has 1 aliphatic rings. The summed E-state index contributed by atoms with van der Waals surface area (Å²) in [5, 5.41) is 3.29. The highest BCUT2D eigenvalue weighted by atomic mass is 16.2. The van der Waals surface area contributed by atoms with Crippen molar-refractivity contribution in [3.63, 3.8) is 0 Å². The summed E-state index contributed by atoms with van der Waals surface area (Å²) in [5.74, 6) is 0.845. The van der Waals surface area contributed by atoms with Gasteiger partial charge in [0.05, 0.1) is 0 Å². The molecule has 0 radical (unpaired) electrons. The summed E-state index contributed by atoms with van der Waals surface area (Å²) in [7, 11) is 0. The highest BCUT2D eigenvalue weighted by Crippen LogP contribution is 2.12. The molecule has 1 heterocycles. The predicted octanol–water partition coefficient (Wildman–Crippen LogP) is 1.24. The molecule has 0 aliphatic carbocycles. The molecule has 3 heteroatoms. The first-order chi connectivity index (χ1) is 6.65. The van der Waals surface area contributed by atoms with Crippen LogP contribution in [0.3, 0.4) is 0 Å². The molecule has 0 aromatic heterocycles. The van der Waals surface area contributed by atoms with Crippen LogP contribution in [0.4, 0.5) is 0 Å². The van der Waals surface area contributed by atoms with Gasteiger partial charge in [-0.05, 0) is 12.8 Å². The fourth-order valence-corrected chi connectivity index (χ4v) is 1.77. The van der Waals surface area contributed by atoms with E-state index in [2.05, 4.69) is 26.1 Å². The molecule has 1 rings (SSSR count). The Bertz CT molecular complexity index is 194. The van der Waals surface area contributed by atoms with Gasteiger partial charge >= 0.3 is 0 Å². The molecule has 82 valence electrons. The molecular formula is C11H22N2O. The van der Waals surface area contributed by atoms with Crippen molar-refractivity contribution in [3.8, 4) is 0 Å². The minimum atomic E-state index is 0.327. The Morgan fingerprint density at radius 1 is 1.64 bits per heavy atom. The van der Waals surface area contributed by atoms with Crippen LogP contribution in [0.5, 0.6) is 0 Å². The van der Waals surface area contributed by atoms with Crippen molar-refractivity contribution < 1.29 is 4.79 Å². The van der Waals surface area contributed by atoms with Crippen LogP contribution in [0.2, 0.25) is 0 Å². The topological polar surface area (TPSA) is 32.3 Å². The quantitative estimate of drug-likeness (QED) is 0.740. The van der Waals surface area contributed by atoms with Gasteiger partial charge in [-0.2, -0.15) is 0 Å². The summed E-state index contributed by atoms with van der Waals surface area (Å²) in [6, 6.07) is 0.361. The first-order valence-electron chi connectivity index (χ1n) is 5.65. The van der Waals surface area contributed by atoms with Crippen LogP contribution in [0.25, 0.3) is 0 Å². The van der Waals surface area contributed by atoms with Crippen molar-refractivity contribution >= 4 is 5.91 Å². The van der Waals surface area contributed by atoms with Crippen molar-refractivity contribution in [1.29, 1.82) is 0 Å². The van der Waals surface area contributed by atoms with Gasteiger partial charge in [0.25, 0.3) is 0 Å². The Balaban J connectivity index is 2.42. The van der Waals surface area contributed by atoms with Crippen LogP contribution < -0.4 is 5.32 Å². The number of piperazine rings is 1. The van der Waals surface area contributed by atoms with E-state index in [-0.39, 0.29) is 0 Å². The van der Waals surface area contributed by atoms with E-state index in [1.807, 2.05) is 4.90 Å². The molecule has 2 unspecified atom stereocenters. The van der Waals surface area contributed by atoms with Crippen LogP contribution in [0, 0.1) is 5.92 Å². The summed E-state index contributed by atoms with van der Waals surface area (Å²) >= 11 is 0. The average molecular weight is 198 g/mol. The lowest BCUT2D eigenvalue weighted by Crippen LogP contribution is -2.52. The lowest BCUT2D eigenvalue weighted by atomic mass is 10.0. The third kappa shape index (κ3) is 2.98. The van der Waals surface area contributed by atoms with Gasteiger partial charge in [-0.25, -0.2) is 0 Å². The Hall–Kier alpha value is -0.570. The Morgan fingerprint density at radius 3 is 2.93 bits per heavy atom. The van der Waals surface area contributed by atoms with Crippen molar-refractivity contribution in [3.05, 3.63) is 0 Å². The normalized spacial score (nSPS) is 24.8. The summed E-state index contributed by atoms with van der Waals surface area (Å²) in [6.07, 6.45) is 1.80. The van der Waals surface area contributed by atoms with Crippen molar-refractivity contribution in [2.75, 3.05) is 19.6 Å². The summed E-state index contributed by atoms with van der Waals surface area (Å²) in [4.78, 5) is 13.9. The number of rotatable bonds is 3. The molecule has 0 aromatic rings. The van der Waals surface area contributed by atoms with Gasteiger partial charge in [0, 0.05) is 32.1 Å². The first-order valence-corrected chi connectivity index (χ1v) is 5.65. The number of nitrogens with one attached hydrogen (secondary N) is 1. The smallest absolute Gasteiger partial charge is 0.223 e. The van der Waals surface area contributed by atoms with Gasteiger partial charge < -0.3 is 10.2 Å². The zero-order chi connectivity index (χ0) is 10.6. The van der Waals surface area contributed by atoms with Crippen LogP contribution in [-0.2, 0) is 4.79 Å². The highest BCUT2D eigenvalue weighted by molar-refractivity contribution is 5.76. The van der Waals surface area contributed by atoms with Crippen LogP contribution in [-0.4, -0.2) is 36.5 Å². The van der Waals surface area contributed by atoms with Crippen molar-refractivity contribution in [1.82, 2.24) is 10.2 Å². The SMILES string of the molecule is CCC(C)CC(=O)N1CCNCC1C. The number of amides is 1. The van der Waals surface area contributed by atoms with Gasteiger partial charge in [0.2, 0.25) is 5.91 Å². The second-order valence-electron chi connectivity index (χ2n) is 4.36. The van der Waals surface area contributed by atoms with Gasteiger partial charge in [0.15, 0.2) is 0 Å². The van der Waals surface area contributed by atoms with E-state index in [1.165, 1.54) is 0 Å². The maximum atomic E-state index is 11.9. The molecule has 1 fully saturated rings. The van der Waals surface area contributed by atoms with Crippen LogP contribution in [0.15, 0.2) is 0 Å². The number of hydrogen-bond acceptors (Lipinski definition) is 2. The summed E-state index contributed by atoms with van der Waals surface area (Å²) < 4.78 is 0. The molecule has 14 heavy (non-hydrogen) atoms. The van der Waals surface area contributed by atoms with Gasteiger partial charge in [-0.3, -0.25) is 4.79 Å². The molecule has 2 atom stereocenters. The molecule has 0 bridgehead atoms. The van der Waals surface area contributed by atoms with E-state index in [9.17, 15) is 4.79 Å². The Morgan fingerprint density at radius 2 is 2.36 bits per heavy atom. The standard InChI is InChI=1S/C11H22N2O/c1-4-9(2)7-11(14)13-6-5-12-8-10(13)3/h9-10,12H,4-8H2,1-3H3. The van der Waals surface area contributed by atoms with E-state index in [4.69, 9.17) is 0 Å². The number of carbonyl (C=O) groups excluding carboxylic acids is 1. The molecule has 1 amide bonds. The zero-order valence-corrected chi connectivity index (χ0v) is 9.55. The fraction of sp³-hybridized carbons (Fsp3) is 0.909. The molecule has 1 aliphatic heterocycles. The van der Waals surface area contributed by atoms with Crippen LogP contribution in [0.1, 0.15) is 33.6 Å². The second kappa shape index (κ2) is 5.35. The molecule has 0 aromatic carbocycles. The molecule has 3 nitrogen and oxygen atoms in total. The van der Waals surface area contributed by atoms with Crippen molar-refractivity contribution in [2.45, 2.75) is 39.7 Å². The van der Waals surface area contributed by atoms with E-state index in [1.54, 1.807) is 0 Å². The molecule has 1 N–H and O–H groups in total. The summed E-state index contributed by atoms with van der Waals surface area (Å²) in [5.41, 5.74) is 0. The minimum Gasteiger partial charge on any atom is -0.337 e. The Labute approximate surface area is 86.9 Å². The minimum absolute atomic E-state index is 0.327. The third-order valence-corrected chi connectivity index (χ3v) is 3.04. The monoisotopic (exact) mass is 198 g/mol. The third-order valence-electron chi connectivity index (χ3n) is 3.04. The van der Waals surface area contributed by atoms with Gasteiger partial charge in [-0.15, -0.1) is 0 Å². The first kappa shape index (κ1) is 11.5. The molecule has 0 saturated carbocycles. The van der Waals surface area contributed by atoms with E-state index in [0.717, 1.165) is 26.1 Å². The molecule has 1 saturated heterocycles. The fourth-order valence-electron chi connectivity index (χ4n) is 1.77. The van der Waals surface area contributed by atoms with E-state index >= 15 is 0 Å². The maximum Gasteiger partial charge on any atom is 0.223 e. The molecular weight excluding hydrogens is 176 g/mol. The number of hydrogen-bond donors (Lipinski definition) is 1. The largest absolute Gasteiger partial charge is 0.337 e. The van der Waals surface area contributed by atoms with Gasteiger partial charge in [-0.1, -0.05) is 20.3 Å². The average Bonchev–Trinajstić information content (AvgIpc) is 2.18. The zero-order valence-electron chi connectivity index (χ0n) is 9.55. The van der Waals surface area contributed by atoms with Gasteiger partial charge in [0.1, 0.15) is 0 Å². The molecule has 0 spiro atoms. The number of nitrogens with zero attached hydrogens (tertiary/aromatic N) is 1. The van der Waals surface area contributed by atoms with Crippen LogP contribution >= 0.6 is 0 Å². The lowest BCUT2D eigenvalue weighted by Gasteiger charge is -2.34. The second-order valence-corrected chi connectivity index (χ2v) is 4.36. The highest BCUT2D eigenvalue weighted by Gasteiger charge is 2.23. The lowest BCUT2D eigenvalue weighted by molar-refractivity contribution is -0.134. The number of carbonyl (C=O) groups is 1. The van der Waals surface area contributed by atoms with Crippen molar-refractivity contribution in [2.24, 2.45) is 5.92 Å². The van der Waals surface area contributed by atoms with E-state index < -0.39 is 0 Å². The maximum absolute atomic E-state index is 11.9. The summed E-state index contributed by atoms with van der Waals surface area (Å²) in [6.45, 7) is 9.14.